The molecule has 2 aliphatic heterocycles. The molecule has 0 radical (unpaired) electrons. The first-order valence-electron chi connectivity index (χ1n) is 11.5. The van der Waals surface area contributed by atoms with E-state index in [1.165, 1.54) is 16.0 Å². The van der Waals surface area contributed by atoms with E-state index in [2.05, 4.69) is 17.6 Å². The zero-order valence-electron chi connectivity index (χ0n) is 19.6. The number of hydrogen-bond donors (Lipinski definition) is 2. The second-order valence-corrected chi connectivity index (χ2v) is 10.2. The van der Waals surface area contributed by atoms with E-state index in [4.69, 9.17) is 19.2 Å². The van der Waals surface area contributed by atoms with Gasteiger partial charge in [0.05, 0.1) is 37.4 Å². The highest BCUT2D eigenvalue weighted by atomic mass is 32.2. The van der Waals surface area contributed by atoms with E-state index in [1.807, 2.05) is 11.1 Å². The lowest BCUT2D eigenvalue weighted by atomic mass is 10.2. The number of ether oxygens (including phenoxy) is 3. The van der Waals surface area contributed by atoms with Crippen LogP contribution in [-0.2, 0) is 16.0 Å². The van der Waals surface area contributed by atoms with Gasteiger partial charge in [-0.1, -0.05) is 25.1 Å². The normalized spacial score (nSPS) is 14.8. The summed E-state index contributed by atoms with van der Waals surface area (Å²) in [6.07, 6.45) is 1.85. The Morgan fingerprint density at radius 2 is 1.97 bits per heavy atom. The van der Waals surface area contributed by atoms with Gasteiger partial charge in [-0.05, 0) is 24.6 Å². The van der Waals surface area contributed by atoms with Crippen molar-refractivity contribution >= 4 is 50.9 Å². The minimum atomic E-state index is -0.670. The van der Waals surface area contributed by atoms with E-state index in [-0.39, 0.29) is 18.1 Å². The van der Waals surface area contributed by atoms with E-state index >= 15 is 0 Å². The fraction of sp³-hybridized carbons (Fsp3) is 0.391. The minimum Gasteiger partial charge on any atom is -0.454 e. The van der Waals surface area contributed by atoms with Crippen LogP contribution >= 0.6 is 23.1 Å². The Bertz CT molecular complexity index is 1350. The highest BCUT2D eigenvalue weighted by Gasteiger charge is 2.22. The summed E-state index contributed by atoms with van der Waals surface area (Å²) in [5.41, 5.74) is 0.301. The number of aromatic nitrogens is 2. The Morgan fingerprint density at radius 3 is 2.78 bits per heavy atom. The SMILES string of the molecule is CCCc1cc2c(=O)n(N3CCOCC3)c(SCC(=O)NC(=O)Nc3ccc4c(c3)OCO4)nc2s1. The van der Waals surface area contributed by atoms with Crippen LogP contribution in [0.3, 0.4) is 0 Å². The number of carbonyl (C=O) groups excluding carboxylic acids is 2. The molecule has 5 rings (SSSR count). The molecule has 4 heterocycles. The third-order valence-corrected chi connectivity index (χ3v) is 7.56. The maximum absolute atomic E-state index is 13.4. The zero-order chi connectivity index (χ0) is 25.1. The zero-order valence-corrected chi connectivity index (χ0v) is 21.2. The van der Waals surface area contributed by atoms with Gasteiger partial charge in [0, 0.05) is 16.6 Å². The number of aryl methyl sites for hydroxylation is 1. The molecule has 0 bridgehead atoms. The number of rotatable bonds is 7. The molecule has 13 heteroatoms. The Kier molecular flexibility index (Phi) is 7.30. The molecule has 0 aliphatic carbocycles. The van der Waals surface area contributed by atoms with Gasteiger partial charge in [0.25, 0.3) is 5.56 Å². The van der Waals surface area contributed by atoms with Gasteiger partial charge >= 0.3 is 6.03 Å². The summed E-state index contributed by atoms with van der Waals surface area (Å²) >= 11 is 2.61. The summed E-state index contributed by atoms with van der Waals surface area (Å²) in [7, 11) is 0. The number of fused-ring (bicyclic) bond motifs is 2. The van der Waals surface area contributed by atoms with Crippen molar-refractivity contribution in [1.29, 1.82) is 0 Å². The molecule has 0 atom stereocenters. The summed E-state index contributed by atoms with van der Waals surface area (Å²) < 4.78 is 17.5. The molecule has 2 N–H and O–H groups in total. The van der Waals surface area contributed by atoms with E-state index < -0.39 is 11.9 Å². The van der Waals surface area contributed by atoms with Crippen LogP contribution in [-0.4, -0.2) is 60.4 Å². The second-order valence-electron chi connectivity index (χ2n) is 8.12. The van der Waals surface area contributed by atoms with Crippen LogP contribution in [0.4, 0.5) is 10.5 Å². The van der Waals surface area contributed by atoms with Crippen molar-refractivity contribution < 1.29 is 23.8 Å². The highest BCUT2D eigenvalue weighted by Crippen LogP contribution is 2.34. The number of amides is 3. The first kappa shape index (κ1) is 24.4. The second kappa shape index (κ2) is 10.8. The molecule has 2 aliphatic rings. The van der Waals surface area contributed by atoms with E-state index in [9.17, 15) is 14.4 Å². The summed E-state index contributed by atoms with van der Waals surface area (Å²) in [6.45, 7) is 4.29. The van der Waals surface area contributed by atoms with Gasteiger partial charge in [-0.25, -0.2) is 9.78 Å². The molecule has 1 aromatic carbocycles. The molecule has 3 aromatic rings. The Morgan fingerprint density at radius 1 is 1.17 bits per heavy atom. The van der Waals surface area contributed by atoms with Gasteiger partial charge in [0.2, 0.25) is 12.7 Å². The van der Waals surface area contributed by atoms with Gasteiger partial charge in [-0.15, -0.1) is 11.3 Å². The van der Waals surface area contributed by atoms with Crippen LogP contribution in [0, 0.1) is 0 Å². The minimum absolute atomic E-state index is 0.0932. The van der Waals surface area contributed by atoms with Gasteiger partial charge in [-0.3, -0.25) is 14.9 Å². The summed E-state index contributed by atoms with van der Waals surface area (Å²) in [5.74, 6) is 0.507. The van der Waals surface area contributed by atoms with Crippen LogP contribution < -0.4 is 30.7 Å². The van der Waals surface area contributed by atoms with E-state index in [0.717, 1.165) is 29.5 Å². The van der Waals surface area contributed by atoms with E-state index in [1.54, 1.807) is 18.2 Å². The van der Waals surface area contributed by atoms with Crippen molar-refractivity contribution in [3.05, 3.63) is 39.5 Å². The highest BCUT2D eigenvalue weighted by molar-refractivity contribution is 7.99. The molecule has 36 heavy (non-hydrogen) atoms. The Hall–Kier alpha value is -3.29. The number of nitrogens with zero attached hydrogens (tertiary/aromatic N) is 3. The topological polar surface area (TPSA) is 124 Å². The average molecular weight is 532 g/mol. The summed E-state index contributed by atoms with van der Waals surface area (Å²) in [4.78, 5) is 44.8. The van der Waals surface area contributed by atoms with Crippen molar-refractivity contribution in [3.63, 3.8) is 0 Å². The lowest BCUT2D eigenvalue weighted by Gasteiger charge is -2.31. The number of thioether (sulfide) groups is 1. The van der Waals surface area contributed by atoms with Crippen LogP contribution in [0.15, 0.2) is 34.2 Å². The fourth-order valence-corrected chi connectivity index (χ4v) is 5.88. The number of carbonyl (C=O) groups is 2. The quantitative estimate of drug-likeness (QED) is 0.350. The maximum Gasteiger partial charge on any atom is 0.325 e. The third-order valence-electron chi connectivity index (χ3n) is 5.55. The smallest absolute Gasteiger partial charge is 0.325 e. The monoisotopic (exact) mass is 531 g/mol. The number of anilines is 1. The molecular formula is C23H25N5O6S2. The number of urea groups is 1. The van der Waals surface area contributed by atoms with Crippen LogP contribution in [0.25, 0.3) is 10.2 Å². The lowest BCUT2D eigenvalue weighted by Crippen LogP contribution is -2.49. The molecule has 0 spiro atoms. The summed E-state index contributed by atoms with van der Waals surface area (Å²) in [6, 6.07) is 6.20. The molecule has 1 saturated heterocycles. The molecule has 1 fully saturated rings. The van der Waals surface area contributed by atoms with Crippen LogP contribution in [0.5, 0.6) is 11.5 Å². The van der Waals surface area contributed by atoms with Crippen LogP contribution in [0.2, 0.25) is 0 Å². The van der Waals surface area contributed by atoms with Gasteiger partial charge in [0.15, 0.2) is 16.7 Å². The number of nitrogens with one attached hydrogen (secondary N) is 2. The van der Waals surface area contributed by atoms with Crippen molar-refractivity contribution in [2.75, 3.05) is 49.2 Å². The van der Waals surface area contributed by atoms with Crippen molar-refractivity contribution in [3.8, 4) is 11.5 Å². The average Bonchev–Trinajstić information content (AvgIpc) is 3.50. The van der Waals surface area contributed by atoms with Crippen molar-refractivity contribution in [2.24, 2.45) is 0 Å². The Balaban J connectivity index is 1.29. The first-order valence-corrected chi connectivity index (χ1v) is 13.3. The number of hydrogen-bond acceptors (Lipinski definition) is 10. The standard InChI is InChI=1S/C23H25N5O6S2/c1-2-3-15-11-16-20(36-15)26-23(28(21(16)30)27-6-8-32-9-7-27)35-12-19(29)25-22(31)24-14-4-5-17-18(10-14)34-13-33-17/h4-5,10-11H,2-3,6-9,12-13H2,1H3,(H2,24,25,29,31). The number of morpholine rings is 1. The van der Waals surface area contributed by atoms with Gasteiger partial charge in [-0.2, -0.15) is 4.68 Å². The molecule has 0 saturated carbocycles. The molecule has 2 aromatic heterocycles. The Labute approximate surface area is 214 Å². The lowest BCUT2D eigenvalue weighted by molar-refractivity contribution is -0.117. The number of thiophene rings is 1. The van der Waals surface area contributed by atoms with E-state index in [0.29, 0.717) is 58.9 Å². The molecule has 0 unspecified atom stereocenters. The van der Waals surface area contributed by atoms with Crippen molar-refractivity contribution in [1.82, 2.24) is 15.0 Å². The van der Waals surface area contributed by atoms with Crippen LogP contribution in [0.1, 0.15) is 18.2 Å². The molecular weight excluding hydrogens is 506 g/mol. The third kappa shape index (κ3) is 5.27. The predicted molar refractivity (Wildman–Crippen MR) is 137 cm³/mol. The van der Waals surface area contributed by atoms with Gasteiger partial charge in [0.1, 0.15) is 4.83 Å². The maximum atomic E-state index is 13.4. The largest absolute Gasteiger partial charge is 0.454 e. The molecule has 11 nitrogen and oxygen atoms in total. The van der Waals surface area contributed by atoms with Crippen molar-refractivity contribution in [2.45, 2.75) is 24.9 Å². The predicted octanol–water partition coefficient (Wildman–Crippen LogP) is 2.55. The number of imide groups is 1. The summed E-state index contributed by atoms with van der Waals surface area (Å²) in [5, 5.41) is 7.79. The first-order chi connectivity index (χ1) is 17.5. The van der Waals surface area contributed by atoms with Gasteiger partial charge < -0.3 is 24.5 Å². The molecule has 3 amide bonds. The molecule has 190 valence electrons. The fourth-order valence-electron chi connectivity index (χ4n) is 3.90. The number of benzene rings is 1.